The van der Waals surface area contributed by atoms with Gasteiger partial charge in [-0.25, -0.2) is 9.78 Å². The van der Waals surface area contributed by atoms with Crippen molar-refractivity contribution in [1.29, 1.82) is 0 Å². The quantitative estimate of drug-likeness (QED) is 0.895. The zero-order valence-electron chi connectivity index (χ0n) is 11.1. The molecule has 2 N–H and O–H groups in total. The summed E-state index contributed by atoms with van der Waals surface area (Å²) in [5.74, 6) is -0.520. The molecule has 2 heterocycles. The molecule has 0 aliphatic heterocycles. The highest BCUT2D eigenvalue weighted by atomic mass is 32.1. The maximum absolute atomic E-state index is 11.3. The molecule has 1 atom stereocenters. The highest BCUT2D eigenvalue weighted by Crippen LogP contribution is 2.24. The van der Waals surface area contributed by atoms with Crippen molar-refractivity contribution in [3.63, 3.8) is 0 Å². The summed E-state index contributed by atoms with van der Waals surface area (Å²) in [4.78, 5) is 15.7. The number of hydrogen-bond donors (Lipinski definition) is 2. The Labute approximate surface area is 116 Å². The summed E-state index contributed by atoms with van der Waals surface area (Å²) in [7, 11) is 0. The number of anilines is 1. The van der Waals surface area contributed by atoms with E-state index < -0.39 is 5.97 Å². The van der Waals surface area contributed by atoms with Crippen LogP contribution in [-0.2, 0) is 0 Å². The Hall–Kier alpha value is -1.88. The number of rotatable bonds is 4. The Balaban J connectivity index is 2.36. The number of carbonyl (C=O) groups is 1. The molecular weight excluding hydrogens is 260 g/mol. The van der Waals surface area contributed by atoms with Crippen LogP contribution in [0.2, 0.25) is 0 Å². The van der Waals surface area contributed by atoms with Gasteiger partial charge >= 0.3 is 5.97 Å². The summed E-state index contributed by atoms with van der Waals surface area (Å²) in [5.41, 5.74) is 2.90. The summed E-state index contributed by atoms with van der Waals surface area (Å²) in [6.45, 7) is 5.64. The highest BCUT2D eigenvalue weighted by molar-refractivity contribution is 7.07. The standard InChI is InChI=1S/C14H16N2O2S/c1-8-6-9(2)15-13(12(8)14(17)18)16-10(3)11-4-5-19-7-11/h4-7,10H,1-3H3,(H,15,16)(H,17,18). The number of aromatic carboxylic acids is 1. The molecular formula is C14H16N2O2S. The first-order valence-electron chi connectivity index (χ1n) is 5.99. The minimum atomic E-state index is -0.954. The second kappa shape index (κ2) is 5.40. The molecule has 0 radical (unpaired) electrons. The first-order chi connectivity index (χ1) is 8.99. The zero-order chi connectivity index (χ0) is 14.0. The average Bonchev–Trinajstić information content (AvgIpc) is 2.80. The summed E-state index contributed by atoms with van der Waals surface area (Å²) >= 11 is 1.62. The molecule has 2 rings (SSSR count). The number of nitrogens with zero attached hydrogens (tertiary/aromatic N) is 1. The molecule has 0 saturated heterocycles. The summed E-state index contributed by atoms with van der Waals surface area (Å²) in [6, 6.07) is 3.83. The Morgan fingerprint density at radius 1 is 1.47 bits per heavy atom. The minimum Gasteiger partial charge on any atom is -0.478 e. The molecule has 0 saturated carbocycles. The zero-order valence-corrected chi connectivity index (χ0v) is 11.9. The van der Waals surface area contributed by atoms with Crippen molar-refractivity contribution in [3.8, 4) is 0 Å². The van der Waals surface area contributed by atoms with E-state index in [2.05, 4.69) is 10.3 Å². The van der Waals surface area contributed by atoms with Crippen molar-refractivity contribution in [1.82, 2.24) is 4.98 Å². The second-order valence-electron chi connectivity index (χ2n) is 4.53. The van der Waals surface area contributed by atoms with Crippen LogP contribution in [0.25, 0.3) is 0 Å². The van der Waals surface area contributed by atoms with Gasteiger partial charge in [-0.05, 0) is 54.8 Å². The van der Waals surface area contributed by atoms with E-state index in [1.165, 1.54) is 0 Å². The van der Waals surface area contributed by atoms with Crippen molar-refractivity contribution >= 4 is 23.1 Å². The lowest BCUT2D eigenvalue weighted by Crippen LogP contribution is -2.13. The number of hydrogen-bond acceptors (Lipinski definition) is 4. The van der Waals surface area contributed by atoms with Gasteiger partial charge in [0.05, 0.1) is 6.04 Å². The van der Waals surface area contributed by atoms with E-state index in [1.54, 1.807) is 24.3 Å². The predicted octanol–water partition coefficient (Wildman–Crippen LogP) is 3.63. The molecule has 2 aromatic heterocycles. The molecule has 0 bridgehead atoms. The normalized spacial score (nSPS) is 12.2. The van der Waals surface area contributed by atoms with Gasteiger partial charge in [0.2, 0.25) is 0 Å². The van der Waals surface area contributed by atoms with Gasteiger partial charge in [-0.15, -0.1) is 0 Å². The fourth-order valence-electron chi connectivity index (χ4n) is 2.02. The number of carboxylic acids is 1. The molecule has 19 heavy (non-hydrogen) atoms. The molecule has 0 aliphatic rings. The van der Waals surface area contributed by atoms with Gasteiger partial charge < -0.3 is 10.4 Å². The molecule has 4 nitrogen and oxygen atoms in total. The third kappa shape index (κ3) is 2.93. The summed E-state index contributed by atoms with van der Waals surface area (Å²) in [5, 5.41) is 16.5. The Bertz CT molecular complexity index is 594. The SMILES string of the molecule is Cc1cc(C)c(C(=O)O)c(NC(C)c2ccsc2)n1. The smallest absolute Gasteiger partial charge is 0.339 e. The summed E-state index contributed by atoms with van der Waals surface area (Å²) in [6.07, 6.45) is 0. The lowest BCUT2D eigenvalue weighted by molar-refractivity contribution is 0.0697. The largest absolute Gasteiger partial charge is 0.478 e. The minimum absolute atomic E-state index is 0.0260. The predicted molar refractivity (Wildman–Crippen MR) is 77.0 cm³/mol. The van der Waals surface area contributed by atoms with E-state index in [0.29, 0.717) is 5.82 Å². The van der Waals surface area contributed by atoms with Crippen LogP contribution in [-0.4, -0.2) is 16.1 Å². The Kier molecular flexibility index (Phi) is 3.85. The van der Waals surface area contributed by atoms with Gasteiger partial charge in [0, 0.05) is 5.69 Å². The van der Waals surface area contributed by atoms with Crippen molar-refractivity contribution in [2.24, 2.45) is 0 Å². The van der Waals surface area contributed by atoms with Crippen LogP contribution in [0.4, 0.5) is 5.82 Å². The molecule has 0 spiro atoms. The third-order valence-corrected chi connectivity index (χ3v) is 3.66. The Morgan fingerprint density at radius 3 is 2.79 bits per heavy atom. The lowest BCUT2D eigenvalue weighted by atomic mass is 10.1. The number of carboxylic acid groups (broad SMARTS) is 1. The van der Waals surface area contributed by atoms with Crippen molar-refractivity contribution in [2.45, 2.75) is 26.8 Å². The van der Waals surface area contributed by atoms with Crippen LogP contribution < -0.4 is 5.32 Å². The van der Waals surface area contributed by atoms with Crippen molar-refractivity contribution in [2.75, 3.05) is 5.32 Å². The molecule has 0 amide bonds. The average molecular weight is 276 g/mol. The number of nitrogens with one attached hydrogen (secondary N) is 1. The second-order valence-corrected chi connectivity index (χ2v) is 5.31. The van der Waals surface area contributed by atoms with Gasteiger partial charge in [0.1, 0.15) is 11.4 Å². The first-order valence-corrected chi connectivity index (χ1v) is 6.93. The number of pyridine rings is 1. The van der Waals surface area contributed by atoms with E-state index in [0.717, 1.165) is 16.8 Å². The van der Waals surface area contributed by atoms with Gasteiger partial charge in [0.15, 0.2) is 0 Å². The van der Waals surface area contributed by atoms with E-state index in [9.17, 15) is 9.90 Å². The molecule has 5 heteroatoms. The van der Waals surface area contributed by atoms with Crippen LogP contribution in [0.15, 0.2) is 22.9 Å². The van der Waals surface area contributed by atoms with Gasteiger partial charge in [0.25, 0.3) is 0 Å². The molecule has 2 aromatic rings. The van der Waals surface area contributed by atoms with E-state index in [-0.39, 0.29) is 11.6 Å². The first kappa shape index (κ1) is 13.5. The van der Waals surface area contributed by atoms with E-state index in [1.807, 2.05) is 30.7 Å². The van der Waals surface area contributed by atoms with Gasteiger partial charge in [-0.3, -0.25) is 0 Å². The van der Waals surface area contributed by atoms with E-state index >= 15 is 0 Å². The van der Waals surface area contributed by atoms with Crippen LogP contribution in [0, 0.1) is 13.8 Å². The number of aryl methyl sites for hydroxylation is 2. The third-order valence-electron chi connectivity index (χ3n) is 2.95. The van der Waals surface area contributed by atoms with Crippen LogP contribution in [0.1, 0.15) is 40.1 Å². The maximum Gasteiger partial charge on any atom is 0.339 e. The lowest BCUT2D eigenvalue weighted by Gasteiger charge is -2.17. The number of aromatic nitrogens is 1. The molecule has 1 unspecified atom stereocenters. The monoisotopic (exact) mass is 276 g/mol. The Morgan fingerprint density at radius 2 is 2.21 bits per heavy atom. The molecule has 100 valence electrons. The molecule has 0 fully saturated rings. The van der Waals surface area contributed by atoms with Crippen molar-refractivity contribution in [3.05, 3.63) is 45.3 Å². The van der Waals surface area contributed by atoms with Crippen molar-refractivity contribution < 1.29 is 9.90 Å². The molecule has 0 aliphatic carbocycles. The molecule has 0 aromatic carbocycles. The topological polar surface area (TPSA) is 62.2 Å². The summed E-state index contributed by atoms with van der Waals surface area (Å²) < 4.78 is 0. The fourth-order valence-corrected chi connectivity index (χ4v) is 2.78. The van der Waals surface area contributed by atoms with E-state index in [4.69, 9.17) is 0 Å². The van der Waals surface area contributed by atoms with Gasteiger partial charge in [-0.2, -0.15) is 11.3 Å². The van der Waals surface area contributed by atoms with Gasteiger partial charge in [-0.1, -0.05) is 0 Å². The maximum atomic E-state index is 11.3. The van der Waals surface area contributed by atoms with Crippen LogP contribution in [0.3, 0.4) is 0 Å². The number of thiophene rings is 1. The highest BCUT2D eigenvalue weighted by Gasteiger charge is 2.17. The van der Waals surface area contributed by atoms with Crippen LogP contribution >= 0.6 is 11.3 Å². The van der Waals surface area contributed by atoms with Crippen LogP contribution in [0.5, 0.6) is 0 Å². The fraction of sp³-hybridized carbons (Fsp3) is 0.286.